The van der Waals surface area contributed by atoms with Crippen molar-refractivity contribution in [3.63, 3.8) is 0 Å². The highest BCUT2D eigenvalue weighted by molar-refractivity contribution is 7.22. The van der Waals surface area contributed by atoms with E-state index in [4.69, 9.17) is 4.42 Å². The van der Waals surface area contributed by atoms with Crippen molar-refractivity contribution in [2.24, 2.45) is 0 Å². The van der Waals surface area contributed by atoms with E-state index in [0.717, 1.165) is 5.56 Å². The molecule has 2 heterocycles. The van der Waals surface area contributed by atoms with Crippen LogP contribution in [0.1, 0.15) is 11.1 Å². The second-order valence-electron chi connectivity index (χ2n) is 5.97. The number of rotatable bonds is 3. The van der Waals surface area contributed by atoms with Crippen molar-refractivity contribution in [1.29, 1.82) is 0 Å². The number of nitrogens with zero attached hydrogens (tertiary/aromatic N) is 1. The first-order valence-corrected chi connectivity index (χ1v) is 8.88. The van der Waals surface area contributed by atoms with Crippen LogP contribution in [-0.2, 0) is 4.79 Å². The Bertz CT molecular complexity index is 1270. The molecule has 0 fully saturated rings. The number of halogens is 1. The molecule has 0 bridgehead atoms. The van der Waals surface area contributed by atoms with E-state index >= 15 is 0 Å². The quantitative estimate of drug-likeness (QED) is 0.531. The van der Waals surface area contributed by atoms with Gasteiger partial charge in [0.25, 0.3) is 0 Å². The molecular weight excluding hydrogens is 367 g/mol. The molecule has 1 N–H and O–H groups in total. The van der Waals surface area contributed by atoms with Gasteiger partial charge in [-0.15, -0.1) is 0 Å². The monoisotopic (exact) mass is 380 g/mol. The summed E-state index contributed by atoms with van der Waals surface area (Å²) in [6.07, 6.45) is 3.96. The first-order chi connectivity index (χ1) is 13.0. The lowest BCUT2D eigenvalue weighted by molar-refractivity contribution is -0.111. The van der Waals surface area contributed by atoms with Crippen LogP contribution < -0.4 is 10.7 Å². The standard InChI is InChI=1S/C20H13FN2O3S/c1-11-2-6-16-14(8-11)19(25)12(10-26-16)3-7-18(24)23-20-22-15-5-4-13(21)9-17(15)27-20/h2-10H,1H3,(H,22,23,24)/b7-3+. The molecule has 0 aliphatic rings. The number of anilines is 1. The number of fused-ring (bicyclic) bond motifs is 2. The average molecular weight is 380 g/mol. The predicted molar refractivity (Wildman–Crippen MR) is 104 cm³/mol. The van der Waals surface area contributed by atoms with Gasteiger partial charge in [0, 0.05) is 6.08 Å². The molecule has 5 nitrogen and oxygen atoms in total. The molecular formula is C20H13FN2O3S. The Morgan fingerprint density at radius 3 is 2.96 bits per heavy atom. The van der Waals surface area contributed by atoms with E-state index in [1.165, 1.54) is 41.9 Å². The van der Waals surface area contributed by atoms with Gasteiger partial charge in [0.2, 0.25) is 5.91 Å². The zero-order valence-corrected chi connectivity index (χ0v) is 15.0. The summed E-state index contributed by atoms with van der Waals surface area (Å²) in [7, 11) is 0. The molecule has 4 rings (SSSR count). The lowest BCUT2D eigenvalue weighted by atomic mass is 10.1. The fourth-order valence-electron chi connectivity index (χ4n) is 2.64. The Morgan fingerprint density at radius 1 is 1.26 bits per heavy atom. The van der Waals surface area contributed by atoms with Crippen molar-refractivity contribution < 1.29 is 13.6 Å². The predicted octanol–water partition coefficient (Wildman–Crippen LogP) is 4.50. The highest BCUT2D eigenvalue weighted by Crippen LogP contribution is 2.26. The lowest BCUT2D eigenvalue weighted by Crippen LogP contribution is -2.09. The molecule has 4 aromatic rings. The van der Waals surface area contributed by atoms with Crippen LogP contribution in [0, 0.1) is 12.7 Å². The molecule has 0 atom stereocenters. The van der Waals surface area contributed by atoms with Crippen LogP contribution in [0.4, 0.5) is 9.52 Å². The molecule has 0 unspecified atom stereocenters. The highest BCUT2D eigenvalue weighted by Gasteiger charge is 2.08. The summed E-state index contributed by atoms with van der Waals surface area (Å²) in [4.78, 5) is 28.9. The largest absolute Gasteiger partial charge is 0.463 e. The number of hydrogen-bond acceptors (Lipinski definition) is 5. The number of carbonyl (C=O) groups excluding carboxylic acids is 1. The Morgan fingerprint density at radius 2 is 2.11 bits per heavy atom. The third kappa shape index (κ3) is 3.50. The van der Waals surface area contributed by atoms with Gasteiger partial charge in [-0.1, -0.05) is 23.0 Å². The summed E-state index contributed by atoms with van der Waals surface area (Å²) in [5.74, 6) is -0.805. The average Bonchev–Trinajstić information content (AvgIpc) is 3.02. The minimum atomic E-state index is -0.446. The maximum Gasteiger partial charge on any atom is 0.250 e. The van der Waals surface area contributed by atoms with E-state index < -0.39 is 5.91 Å². The SMILES string of the molecule is Cc1ccc2occ(/C=C/C(=O)Nc3nc4ccc(F)cc4s3)c(=O)c2c1. The van der Waals surface area contributed by atoms with Crippen LogP contribution in [0.2, 0.25) is 0 Å². The van der Waals surface area contributed by atoms with Gasteiger partial charge in [-0.25, -0.2) is 9.37 Å². The van der Waals surface area contributed by atoms with Crippen LogP contribution in [-0.4, -0.2) is 10.9 Å². The van der Waals surface area contributed by atoms with E-state index in [1.54, 1.807) is 18.2 Å². The van der Waals surface area contributed by atoms with Gasteiger partial charge in [0.05, 0.1) is 21.2 Å². The molecule has 0 aliphatic heterocycles. The number of amides is 1. The van der Waals surface area contributed by atoms with Crippen LogP contribution >= 0.6 is 11.3 Å². The second kappa shape index (κ2) is 6.77. The van der Waals surface area contributed by atoms with Crippen LogP contribution in [0.5, 0.6) is 0 Å². The lowest BCUT2D eigenvalue weighted by Gasteiger charge is -2.00. The number of nitrogens with one attached hydrogen (secondary N) is 1. The Balaban J connectivity index is 1.56. The van der Waals surface area contributed by atoms with E-state index in [1.807, 2.05) is 13.0 Å². The van der Waals surface area contributed by atoms with Gasteiger partial charge in [0.15, 0.2) is 10.6 Å². The number of aryl methyl sites for hydroxylation is 1. The van der Waals surface area contributed by atoms with Crippen LogP contribution in [0.3, 0.4) is 0 Å². The van der Waals surface area contributed by atoms with Crippen LogP contribution in [0.25, 0.3) is 27.3 Å². The Labute approximate surface area is 156 Å². The molecule has 2 aromatic carbocycles. The van der Waals surface area contributed by atoms with E-state index in [-0.39, 0.29) is 16.8 Å². The van der Waals surface area contributed by atoms with Gasteiger partial charge < -0.3 is 4.42 Å². The van der Waals surface area contributed by atoms with E-state index in [9.17, 15) is 14.0 Å². The molecule has 27 heavy (non-hydrogen) atoms. The van der Waals surface area contributed by atoms with Crippen molar-refractivity contribution in [3.05, 3.63) is 75.9 Å². The molecule has 134 valence electrons. The minimum Gasteiger partial charge on any atom is -0.463 e. The van der Waals surface area contributed by atoms with Crippen molar-refractivity contribution in [2.45, 2.75) is 6.92 Å². The molecule has 0 saturated heterocycles. The summed E-state index contributed by atoms with van der Waals surface area (Å²) in [6.45, 7) is 1.89. The van der Waals surface area contributed by atoms with Gasteiger partial charge in [0.1, 0.15) is 17.7 Å². The summed E-state index contributed by atoms with van der Waals surface area (Å²) in [6, 6.07) is 9.57. The zero-order valence-electron chi connectivity index (χ0n) is 14.2. The topological polar surface area (TPSA) is 72.2 Å². The van der Waals surface area contributed by atoms with E-state index in [2.05, 4.69) is 10.3 Å². The zero-order chi connectivity index (χ0) is 19.0. The number of aromatic nitrogens is 1. The van der Waals surface area contributed by atoms with Gasteiger partial charge in [-0.3, -0.25) is 14.9 Å². The molecule has 0 aliphatic carbocycles. The first kappa shape index (κ1) is 17.1. The summed E-state index contributed by atoms with van der Waals surface area (Å²) in [5, 5.41) is 3.43. The van der Waals surface area contributed by atoms with E-state index in [0.29, 0.717) is 26.3 Å². The normalized spacial score (nSPS) is 11.5. The van der Waals surface area contributed by atoms with Crippen molar-refractivity contribution in [3.8, 4) is 0 Å². The van der Waals surface area contributed by atoms with Crippen molar-refractivity contribution in [1.82, 2.24) is 4.98 Å². The molecule has 0 radical (unpaired) electrons. The summed E-state index contributed by atoms with van der Waals surface area (Å²) >= 11 is 1.17. The number of hydrogen-bond donors (Lipinski definition) is 1. The third-order valence-corrected chi connectivity index (χ3v) is 4.88. The van der Waals surface area contributed by atoms with Crippen LogP contribution in [0.15, 0.2) is 57.9 Å². The molecule has 1 amide bonds. The molecule has 2 aromatic heterocycles. The fraction of sp³-hybridized carbons (Fsp3) is 0.0500. The number of benzene rings is 2. The van der Waals surface area contributed by atoms with Crippen molar-refractivity contribution in [2.75, 3.05) is 5.32 Å². The number of carbonyl (C=O) groups is 1. The van der Waals surface area contributed by atoms with Gasteiger partial charge >= 0.3 is 0 Å². The second-order valence-corrected chi connectivity index (χ2v) is 7.00. The fourth-order valence-corrected chi connectivity index (χ4v) is 3.53. The Hall–Kier alpha value is -3.32. The highest BCUT2D eigenvalue weighted by atomic mass is 32.1. The summed E-state index contributed by atoms with van der Waals surface area (Å²) in [5.41, 5.74) is 2.11. The first-order valence-electron chi connectivity index (χ1n) is 8.07. The van der Waals surface area contributed by atoms with Gasteiger partial charge in [-0.2, -0.15) is 0 Å². The number of thiazole rings is 1. The molecule has 0 spiro atoms. The third-order valence-electron chi connectivity index (χ3n) is 3.95. The Kier molecular flexibility index (Phi) is 4.29. The minimum absolute atomic E-state index is 0.209. The summed E-state index contributed by atoms with van der Waals surface area (Å²) < 4.78 is 19.3. The van der Waals surface area contributed by atoms with Gasteiger partial charge in [-0.05, 0) is 43.3 Å². The molecule has 7 heteroatoms. The maximum absolute atomic E-state index is 13.2. The van der Waals surface area contributed by atoms with Crippen molar-refractivity contribution >= 4 is 49.6 Å². The maximum atomic E-state index is 13.2. The molecule has 0 saturated carbocycles. The smallest absolute Gasteiger partial charge is 0.250 e.